The van der Waals surface area contributed by atoms with E-state index in [2.05, 4.69) is 27.7 Å². The summed E-state index contributed by atoms with van der Waals surface area (Å²) < 4.78 is 0. The van der Waals surface area contributed by atoms with E-state index in [9.17, 15) is 5.11 Å². The maximum atomic E-state index is 9.47. The second-order valence-electron chi connectivity index (χ2n) is 3.90. The summed E-state index contributed by atoms with van der Waals surface area (Å²) in [6, 6.07) is 0. The van der Waals surface area contributed by atoms with E-state index in [1.165, 1.54) is 6.42 Å². The maximum Gasteiger partial charge on any atom is 0.0563 e. The molecule has 1 nitrogen and oxygen atoms in total. The van der Waals surface area contributed by atoms with Crippen LogP contribution in [0.4, 0.5) is 0 Å². The summed E-state index contributed by atoms with van der Waals surface area (Å²) in [5, 5.41) is 9.47. The lowest BCUT2D eigenvalue weighted by molar-refractivity contribution is 0.109. The van der Waals surface area contributed by atoms with Gasteiger partial charge in [-0.2, -0.15) is 0 Å². The third kappa shape index (κ3) is 5.25. The van der Waals surface area contributed by atoms with Gasteiger partial charge < -0.3 is 5.11 Å². The SMILES string of the molecule is CCC(C)CCC(O)C(C)C. The Morgan fingerprint density at radius 3 is 2.00 bits per heavy atom. The lowest BCUT2D eigenvalue weighted by Gasteiger charge is -2.16. The molecule has 1 heteroatoms. The Balaban J connectivity index is 3.37. The second kappa shape index (κ2) is 5.59. The Bertz CT molecular complexity index is 88.9. The third-order valence-electron chi connectivity index (χ3n) is 2.42. The highest BCUT2D eigenvalue weighted by molar-refractivity contribution is 4.61. The molecular weight excluding hydrogens is 136 g/mol. The number of hydrogen-bond donors (Lipinski definition) is 1. The minimum atomic E-state index is -0.0935. The molecule has 0 aliphatic heterocycles. The monoisotopic (exact) mass is 158 g/mol. The van der Waals surface area contributed by atoms with Crippen LogP contribution in [-0.2, 0) is 0 Å². The van der Waals surface area contributed by atoms with Crippen LogP contribution in [0.5, 0.6) is 0 Å². The second-order valence-corrected chi connectivity index (χ2v) is 3.90. The van der Waals surface area contributed by atoms with E-state index in [1.54, 1.807) is 0 Å². The summed E-state index contributed by atoms with van der Waals surface area (Å²) in [4.78, 5) is 0. The molecule has 0 radical (unpaired) electrons. The van der Waals surface area contributed by atoms with Crippen molar-refractivity contribution in [3.63, 3.8) is 0 Å². The van der Waals surface area contributed by atoms with E-state index in [4.69, 9.17) is 0 Å². The summed E-state index contributed by atoms with van der Waals surface area (Å²) in [6.45, 7) is 8.59. The number of rotatable bonds is 5. The highest BCUT2D eigenvalue weighted by Gasteiger charge is 2.09. The van der Waals surface area contributed by atoms with Gasteiger partial charge in [0.1, 0.15) is 0 Å². The van der Waals surface area contributed by atoms with E-state index < -0.39 is 0 Å². The van der Waals surface area contributed by atoms with Crippen molar-refractivity contribution in [3.05, 3.63) is 0 Å². The minimum Gasteiger partial charge on any atom is -0.393 e. The van der Waals surface area contributed by atoms with Crippen molar-refractivity contribution in [3.8, 4) is 0 Å². The van der Waals surface area contributed by atoms with Gasteiger partial charge in [0.2, 0.25) is 0 Å². The van der Waals surface area contributed by atoms with Gasteiger partial charge in [-0.15, -0.1) is 0 Å². The lowest BCUT2D eigenvalue weighted by atomic mass is 9.96. The first-order chi connectivity index (χ1) is 5.07. The fourth-order valence-electron chi connectivity index (χ4n) is 0.993. The van der Waals surface area contributed by atoms with Crippen molar-refractivity contribution in [2.24, 2.45) is 11.8 Å². The first-order valence-electron chi connectivity index (χ1n) is 4.76. The Labute approximate surface area is 70.8 Å². The highest BCUT2D eigenvalue weighted by Crippen LogP contribution is 2.14. The van der Waals surface area contributed by atoms with Crippen LogP contribution in [0, 0.1) is 11.8 Å². The van der Waals surface area contributed by atoms with Gasteiger partial charge >= 0.3 is 0 Å². The quantitative estimate of drug-likeness (QED) is 0.652. The zero-order valence-corrected chi connectivity index (χ0v) is 8.30. The van der Waals surface area contributed by atoms with Crippen LogP contribution in [0.3, 0.4) is 0 Å². The van der Waals surface area contributed by atoms with Crippen LogP contribution in [0.25, 0.3) is 0 Å². The number of aliphatic hydroxyl groups excluding tert-OH is 1. The van der Waals surface area contributed by atoms with E-state index in [-0.39, 0.29) is 6.10 Å². The normalized spacial score (nSPS) is 16.9. The summed E-state index contributed by atoms with van der Waals surface area (Å²) in [5.74, 6) is 1.18. The van der Waals surface area contributed by atoms with Crippen molar-refractivity contribution >= 4 is 0 Å². The van der Waals surface area contributed by atoms with Gasteiger partial charge in [0, 0.05) is 0 Å². The molecule has 0 fully saturated rings. The molecule has 0 heterocycles. The van der Waals surface area contributed by atoms with Crippen molar-refractivity contribution in [2.45, 2.75) is 53.1 Å². The molecule has 2 atom stereocenters. The smallest absolute Gasteiger partial charge is 0.0563 e. The lowest BCUT2D eigenvalue weighted by Crippen LogP contribution is -2.15. The van der Waals surface area contributed by atoms with Gasteiger partial charge in [0.15, 0.2) is 0 Å². The molecule has 0 saturated carbocycles. The molecule has 0 saturated heterocycles. The van der Waals surface area contributed by atoms with Crippen molar-refractivity contribution < 1.29 is 5.11 Å². The molecule has 0 aliphatic carbocycles. The van der Waals surface area contributed by atoms with Gasteiger partial charge in [0.05, 0.1) is 6.10 Å². The molecule has 68 valence electrons. The maximum absolute atomic E-state index is 9.47. The van der Waals surface area contributed by atoms with Gasteiger partial charge in [0.25, 0.3) is 0 Å². The summed E-state index contributed by atoms with van der Waals surface area (Å²) >= 11 is 0. The zero-order chi connectivity index (χ0) is 8.85. The van der Waals surface area contributed by atoms with Crippen LogP contribution >= 0.6 is 0 Å². The Morgan fingerprint density at radius 2 is 1.64 bits per heavy atom. The van der Waals surface area contributed by atoms with Crippen LogP contribution < -0.4 is 0 Å². The van der Waals surface area contributed by atoms with E-state index in [0.717, 1.165) is 18.8 Å². The van der Waals surface area contributed by atoms with Crippen LogP contribution in [0.15, 0.2) is 0 Å². The van der Waals surface area contributed by atoms with Crippen LogP contribution in [-0.4, -0.2) is 11.2 Å². The van der Waals surface area contributed by atoms with Crippen molar-refractivity contribution in [1.29, 1.82) is 0 Å². The summed E-state index contributed by atoms with van der Waals surface area (Å²) in [6.07, 6.45) is 3.26. The third-order valence-corrected chi connectivity index (χ3v) is 2.42. The first kappa shape index (κ1) is 11.0. The summed E-state index contributed by atoms with van der Waals surface area (Å²) in [5.41, 5.74) is 0. The molecule has 1 N–H and O–H groups in total. The van der Waals surface area contributed by atoms with E-state index >= 15 is 0 Å². The Kier molecular flexibility index (Phi) is 5.57. The van der Waals surface area contributed by atoms with Gasteiger partial charge in [-0.25, -0.2) is 0 Å². The largest absolute Gasteiger partial charge is 0.393 e. The molecule has 0 amide bonds. The van der Waals surface area contributed by atoms with Gasteiger partial charge in [-0.1, -0.05) is 34.1 Å². The molecule has 11 heavy (non-hydrogen) atoms. The van der Waals surface area contributed by atoms with Crippen LogP contribution in [0.1, 0.15) is 47.0 Å². The van der Waals surface area contributed by atoms with E-state index in [1.807, 2.05) is 0 Å². The molecule has 0 aliphatic rings. The molecule has 0 aromatic heterocycles. The minimum absolute atomic E-state index is 0.0935. The standard InChI is InChI=1S/C10H22O/c1-5-9(4)6-7-10(11)8(2)3/h8-11H,5-7H2,1-4H3. The van der Waals surface area contributed by atoms with Crippen molar-refractivity contribution in [2.75, 3.05) is 0 Å². The molecule has 2 unspecified atom stereocenters. The average molecular weight is 158 g/mol. The van der Waals surface area contributed by atoms with Crippen molar-refractivity contribution in [1.82, 2.24) is 0 Å². The molecule has 0 bridgehead atoms. The average Bonchev–Trinajstić information content (AvgIpc) is 1.99. The van der Waals surface area contributed by atoms with Gasteiger partial charge in [-0.05, 0) is 24.7 Å². The van der Waals surface area contributed by atoms with Gasteiger partial charge in [-0.3, -0.25) is 0 Å². The Hall–Kier alpha value is -0.0400. The summed E-state index contributed by atoms with van der Waals surface area (Å²) in [7, 11) is 0. The molecule has 0 rings (SSSR count). The molecule has 0 spiro atoms. The molecular formula is C10H22O. The predicted molar refractivity (Wildman–Crippen MR) is 49.5 cm³/mol. The molecule has 0 aromatic carbocycles. The predicted octanol–water partition coefficient (Wildman–Crippen LogP) is 2.83. The zero-order valence-electron chi connectivity index (χ0n) is 8.30. The Morgan fingerprint density at radius 1 is 1.09 bits per heavy atom. The highest BCUT2D eigenvalue weighted by atomic mass is 16.3. The topological polar surface area (TPSA) is 20.2 Å². The number of hydrogen-bond acceptors (Lipinski definition) is 1. The van der Waals surface area contributed by atoms with Crippen LogP contribution in [0.2, 0.25) is 0 Å². The molecule has 0 aromatic rings. The van der Waals surface area contributed by atoms with E-state index in [0.29, 0.717) is 5.92 Å². The first-order valence-corrected chi connectivity index (χ1v) is 4.76. The number of aliphatic hydroxyl groups is 1. The fourth-order valence-corrected chi connectivity index (χ4v) is 0.993. The fraction of sp³-hybridized carbons (Fsp3) is 1.00.